The van der Waals surface area contributed by atoms with Gasteiger partial charge in [0.15, 0.2) is 0 Å². The molecule has 1 aromatic heterocycles. The number of hydrogen-bond acceptors (Lipinski definition) is 3. The van der Waals surface area contributed by atoms with Crippen molar-refractivity contribution in [1.82, 2.24) is 10.3 Å². The highest BCUT2D eigenvalue weighted by atomic mass is 32.1. The van der Waals surface area contributed by atoms with Crippen LogP contribution in [0.4, 0.5) is 0 Å². The van der Waals surface area contributed by atoms with Crippen LogP contribution in [0.15, 0.2) is 30.3 Å². The first-order chi connectivity index (χ1) is 9.33. The van der Waals surface area contributed by atoms with Crippen molar-refractivity contribution in [2.24, 2.45) is 0 Å². The fourth-order valence-electron chi connectivity index (χ4n) is 2.09. The van der Waals surface area contributed by atoms with Crippen LogP contribution in [0.5, 0.6) is 0 Å². The molecule has 0 saturated heterocycles. The molecular weight excluding hydrogens is 252 g/mol. The van der Waals surface area contributed by atoms with Gasteiger partial charge in [-0.05, 0) is 24.9 Å². The fraction of sp³-hybridized carbons (Fsp3) is 0.438. The van der Waals surface area contributed by atoms with Crippen LogP contribution < -0.4 is 5.32 Å². The monoisotopic (exact) mass is 274 g/mol. The Morgan fingerprint density at radius 3 is 2.58 bits per heavy atom. The zero-order valence-corrected chi connectivity index (χ0v) is 12.6. The number of rotatable bonds is 7. The maximum absolute atomic E-state index is 4.78. The Labute approximate surface area is 119 Å². The van der Waals surface area contributed by atoms with Crippen molar-refractivity contribution < 1.29 is 0 Å². The predicted molar refractivity (Wildman–Crippen MR) is 82.7 cm³/mol. The second kappa shape index (κ2) is 7.41. The summed E-state index contributed by atoms with van der Waals surface area (Å²) in [7, 11) is 0. The Morgan fingerprint density at radius 2 is 1.89 bits per heavy atom. The van der Waals surface area contributed by atoms with Gasteiger partial charge in [-0.25, -0.2) is 4.98 Å². The van der Waals surface area contributed by atoms with E-state index in [1.54, 1.807) is 0 Å². The number of thiazole rings is 1. The summed E-state index contributed by atoms with van der Waals surface area (Å²) in [5.74, 6) is 0. The van der Waals surface area contributed by atoms with E-state index in [-0.39, 0.29) is 0 Å². The van der Waals surface area contributed by atoms with Crippen molar-refractivity contribution in [2.75, 3.05) is 6.54 Å². The lowest BCUT2D eigenvalue weighted by Crippen LogP contribution is -2.11. The van der Waals surface area contributed by atoms with E-state index in [1.807, 2.05) is 11.3 Å². The number of hydrogen-bond donors (Lipinski definition) is 1. The van der Waals surface area contributed by atoms with Crippen LogP contribution in [0.3, 0.4) is 0 Å². The predicted octanol–water partition coefficient (Wildman–Crippen LogP) is 3.60. The van der Waals surface area contributed by atoms with Gasteiger partial charge < -0.3 is 5.32 Å². The van der Waals surface area contributed by atoms with E-state index in [4.69, 9.17) is 4.98 Å². The van der Waals surface area contributed by atoms with Gasteiger partial charge in [0.05, 0.1) is 10.7 Å². The standard InChI is InChI=1S/C16H22N2S/c1-3-14-15(12-17-4-2)19-16(18-14)11-10-13-8-6-5-7-9-13/h5-9,17H,3-4,10-12H2,1-2H3. The highest BCUT2D eigenvalue weighted by molar-refractivity contribution is 7.11. The number of aromatic nitrogens is 1. The smallest absolute Gasteiger partial charge is 0.0934 e. The first-order valence-corrected chi connectivity index (χ1v) is 7.87. The molecule has 2 nitrogen and oxygen atoms in total. The molecule has 0 fully saturated rings. The Bertz CT molecular complexity index is 491. The summed E-state index contributed by atoms with van der Waals surface area (Å²) in [4.78, 5) is 6.18. The molecule has 0 radical (unpaired) electrons. The number of aryl methyl sites for hydroxylation is 3. The highest BCUT2D eigenvalue weighted by Crippen LogP contribution is 2.20. The van der Waals surface area contributed by atoms with E-state index >= 15 is 0 Å². The van der Waals surface area contributed by atoms with Gasteiger partial charge in [-0.2, -0.15) is 0 Å². The molecule has 0 aliphatic carbocycles. The summed E-state index contributed by atoms with van der Waals surface area (Å²) in [5, 5.41) is 4.67. The molecule has 3 heteroatoms. The molecule has 0 aliphatic heterocycles. The summed E-state index contributed by atoms with van der Waals surface area (Å²) in [6, 6.07) is 10.6. The van der Waals surface area contributed by atoms with Crippen LogP contribution in [-0.2, 0) is 25.8 Å². The Kier molecular flexibility index (Phi) is 5.55. The number of nitrogens with one attached hydrogen (secondary N) is 1. The lowest BCUT2D eigenvalue weighted by Gasteiger charge is -1.99. The van der Waals surface area contributed by atoms with Crippen LogP contribution >= 0.6 is 11.3 Å². The summed E-state index contributed by atoms with van der Waals surface area (Å²) in [5.41, 5.74) is 2.66. The minimum atomic E-state index is 0.961. The Morgan fingerprint density at radius 1 is 1.11 bits per heavy atom. The largest absolute Gasteiger partial charge is 0.312 e. The van der Waals surface area contributed by atoms with Gasteiger partial charge in [0.25, 0.3) is 0 Å². The van der Waals surface area contributed by atoms with E-state index in [0.29, 0.717) is 0 Å². The minimum absolute atomic E-state index is 0.961. The molecule has 0 saturated carbocycles. The van der Waals surface area contributed by atoms with Gasteiger partial charge in [0, 0.05) is 17.8 Å². The van der Waals surface area contributed by atoms with Crippen molar-refractivity contribution in [3.63, 3.8) is 0 Å². The van der Waals surface area contributed by atoms with Crippen molar-refractivity contribution in [3.05, 3.63) is 51.5 Å². The van der Waals surface area contributed by atoms with Gasteiger partial charge >= 0.3 is 0 Å². The number of benzene rings is 1. The molecule has 2 aromatic rings. The average Bonchev–Trinajstić information content (AvgIpc) is 2.86. The van der Waals surface area contributed by atoms with Crippen molar-refractivity contribution in [1.29, 1.82) is 0 Å². The van der Waals surface area contributed by atoms with E-state index in [1.165, 1.54) is 21.1 Å². The third-order valence-electron chi connectivity index (χ3n) is 3.16. The molecule has 0 unspecified atom stereocenters. The van der Waals surface area contributed by atoms with Crippen LogP contribution in [-0.4, -0.2) is 11.5 Å². The van der Waals surface area contributed by atoms with Crippen molar-refractivity contribution in [3.8, 4) is 0 Å². The highest BCUT2D eigenvalue weighted by Gasteiger charge is 2.09. The fourth-order valence-corrected chi connectivity index (χ4v) is 3.22. The molecule has 0 aliphatic rings. The van der Waals surface area contributed by atoms with Crippen LogP contribution in [0.1, 0.15) is 35.0 Å². The molecule has 102 valence electrons. The molecular formula is C16H22N2S. The second-order valence-corrected chi connectivity index (χ2v) is 5.77. The van der Waals surface area contributed by atoms with Gasteiger partial charge in [0.2, 0.25) is 0 Å². The first kappa shape index (κ1) is 14.2. The van der Waals surface area contributed by atoms with Gasteiger partial charge in [0.1, 0.15) is 0 Å². The normalized spacial score (nSPS) is 10.8. The molecule has 2 rings (SSSR count). The third kappa shape index (κ3) is 4.15. The summed E-state index contributed by atoms with van der Waals surface area (Å²) in [6.07, 6.45) is 3.16. The van der Waals surface area contributed by atoms with Gasteiger partial charge in [-0.1, -0.05) is 44.2 Å². The third-order valence-corrected chi connectivity index (χ3v) is 4.32. The molecule has 0 atom stereocenters. The summed E-state index contributed by atoms with van der Waals surface area (Å²) >= 11 is 1.87. The molecule has 0 spiro atoms. The van der Waals surface area contributed by atoms with E-state index in [0.717, 1.165) is 32.4 Å². The Hall–Kier alpha value is -1.19. The maximum atomic E-state index is 4.78. The number of nitrogens with zero attached hydrogens (tertiary/aromatic N) is 1. The van der Waals surface area contributed by atoms with Crippen molar-refractivity contribution >= 4 is 11.3 Å². The molecule has 1 N–H and O–H groups in total. The van der Waals surface area contributed by atoms with E-state index in [2.05, 4.69) is 49.5 Å². The van der Waals surface area contributed by atoms with Crippen LogP contribution in [0.25, 0.3) is 0 Å². The maximum Gasteiger partial charge on any atom is 0.0934 e. The van der Waals surface area contributed by atoms with Gasteiger partial charge in [-0.15, -0.1) is 11.3 Å². The van der Waals surface area contributed by atoms with Crippen molar-refractivity contribution in [2.45, 2.75) is 39.7 Å². The topological polar surface area (TPSA) is 24.9 Å². The summed E-state index contributed by atoms with van der Waals surface area (Å²) < 4.78 is 0. The van der Waals surface area contributed by atoms with Crippen LogP contribution in [0.2, 0.25) is 0 Å². The van der Waals surface area contributed by atoms with E-state index in [9.17, 15) is 0 Å². The SMILES string of the molecule is CCNCc1sc(CCc2ccccc2)nc1CC. The zero-order valence-electron chi connectivity index (χ0n) is 11.8. The van der Waals surface area contributed by atoms with Gasteiger partial charge in [-0.3, -0.25) is 0 Å². The summed E-state index contributed by atoms with van der Waals surface area (Å²) in [6.45, 7) is 6.30. The molecule has 1 aromatic carbocycles. The average molecular weight is 274 g/mol. The lowest BCUT2D eigenvalue weighted by molar-refractivity contribution is 0.727. The molecule has 0 bridgehead atoms. The minimum Gasteiger partial charge on any atom is -0.312 e. The first-order valence-electron chi connectivity index (χ1n) is 7.05. The Balaban J connectivity index is 1.98. The molecule has 19 heavy (non-hydrogen) atoms. The lowest BCUT2D eigenvalue weighted by atomic mass is 10.1. The quantitative estimate of drug-likeness (QED) is 0.834. The van der Waals surface area contributed by atoms with Crippen LogP contribution in [0, 0.1) is 0 Å². The molecule has 1 heterocycles. The molecule has 0 amide bonds. The van der Waals surface area contributed by atoms with E-state index < -0.39 is 0 Å². The second-order valence-electron chi connectivity index (χ2n) is 4.60. The zero-order chi connectivity index (χ0) is 13.5.